The summed E-state index contributed by atoms with van der Waals surface area (Å²) in [6, 6.07) is 25.0. The van der Waals surface area contributed by atoms with E-state index in [9.17, 15) is 19.2 Å². The van der Waals surface area contributed by atoms with Gasteiger partial charge in [-0.1, -0.05) is 203 Å². The number of pyridine rings is 1. The SMILES string of the molecule is [2H]c1c([2H])c2c(c([2H])c1-c1cccc(-c3c([2H])c([2H])c4c(c3[2H])C(C([2H])([2H])[2H])(C([2H])([2H])[2H])C([2H])([2H])C([2H])([2H])C4(C([2H])([2H])[2H])C([2H])([2H])[2H])c1-[n+]1[c-]n(-c3cccc(Oc4ccc5c6ccccc6n(-c6cc(C([2H])([2H])[2H])c(-c7cccc(C(C)(C)C)c7)cn6)c5c4)c3)c3ccccc31)C(C([2H])([2H])[2H])(C([2H])([2H])[2H])C([2H])([2H])C([2H])([2H])C2(C([2H])([2H])[2H])C([2H])([2H])[2H]. The predicted octanol–water partition coefficient (Wildman–Crippen LogP) is 19.3. The van der Waals surface area contributed by atoms with Gasteiger partial charge in [0.25, 0.3) is 6.33 Å². The van der Waals surface area contributed by atoms with Crippen LogP contribution in [-0.4, -0.2) is 14.1 Å². The van der Waals surface area contributed by atoms with Crippen LogP contribution in [0.5, 0.6) is 11.5 Å². The number of para-hydroxylation sites is 4. The van der Waals surface area contributed by atoms with Crippen LogP contribution in [0, 0.1) is 13.2 Å². The van der Waals surface area contributed by atoms with E-state index < -0.39 is 195 Å². The summed E-state index contributed by atoms with van der Waals surface area (Å²) in [5.41, 5.74) is -29.3. The van der Waals surface area contributed by atoms with Gasteiger partial charge in [0, 0.05) is 76.6 Å². The Labute approximate surface area is 531 Å². The van der Waals surface area contributed by atoms with Gasteiger partial charge in [-0.2, -0.15) is 0 Å². The van der Waals surface area contributed by atoms with Crippen LogP contribution in [0.15, 0.2) is 182 Å². The Hall–Kier alpha value is -8.02. The normalized spacial score (nSPS) is 27.7. The zero-order valence-corrected chi connectivity index (χ0v) is 43.1. The van der Waals surface area contributed by atoms with Crippen molar-refractivity contribution >= 4 is 32.8 Å². The molecule has 0 unspecified atom stereocenters. The van der Waals surface area contributed by atoms with Crippen molar-refractivity contribution in [3.63, 3.8) is 0 Å². The predicted molar refractivity (Wildman–Crippen MR) is 333 cm³/mol. The Morgan fingerprint density at radius 2 is 1.16 bits per heavy atom. The molecule has 0 fully saturated rings. The van der Waals surface area contributed by atoms with Gasteiger partial charge in [-0.15, -0.1) is 0 Å². The second kappa shape index (κ2) is 18.5. The molecule has 0 amide bonds. The van der Waals surface area contributed by atoms with Crippen LogP contribution >= 0.6 is 0 Å². The number of ether oxygens (including phenoxy) is 1. The Morgan fingerprint density at radius 3 is 1.82 bits per heavy atom. The summed E-state index contributed by atoms with van der Waals surface area (Å²) in [6.07, 6.45) is -14.8. The number of hydrogen-bond acceptors (Lipinski definition) is 2. The standard InChI is InChI=1S/C75H74N4O/c1-48-40-69(76-46-60(48)49-20-17-21-52(41-49)71(2,3)4)79-65-27-14-13-24-58(65)59-33-32-55(45-68(59)79)80-54-23-18-22-53(44-54)77-47-78(67-29-16-15-28-66(67)77)70-56(50-30-34-61-63(42-50)74(9,10)38-36-72(61,5)6)25-19-26-57(70)51-31-35-62-64(43-51)75(11,12)39-37-73(62,7)8/h13-35,40-46H,36-39H2,1-12H3/i1D3,5D3,6D3,7D3,8D3,9D3,10D3,11D3,12D3,30D,31D,34D,35D,36D2,37D2,38D2,39D2,42D,43D. The Kier molecular flexibility index (Phi) is 5.38. The summed E-state index contributed by atoms with van der Waals surface area (Å²) in [7, 11) is 0. The van der Waals surface area contributed by atoms with Crippen LogP contribution in [-0.2, 0) is 27.1 Å². The van der Waals surface area contributed by atoms with E-state index in [1.807, 2.05) is 57.2 Å². The molecule has 5 heteroatoms. The minimum atomic E-state index is -4.87. The first-order chi connectivity index (χ1) is 55.0. The fourth-order valence-corrected chi connectivity index (χ4v) is 10.5. The van der Waals surface area contributed by atoms with Crippen LogP contribution in [0.3, 0.4) is 0 Å². The maximum atomic E-state index is 10.4. The molecule has 3 heterocycles. The molecule has 2 aliphatic rings. The summed E-state index contributed by atoms with van der Waals surface area (Å²) in [5.74, 6) is 0.443. The molecule has 3 aromatic heterocycles. The number of benzene rings is 8. The molecule has 0 atom stereocenters. The van der Waals surface area contributed by atoms with Crippen molar-refractivity contribution in [1.82, 2.24) is 14.1 Å². The van der Waals surface area contributed by atoms with Gasteiger partial charge >= 0.3 is 0 Å². The van der Waals surface area contributed by atoms with E-state index in [0.29, 0.717) is 27.5 Å². The third-order valence-corrected chi connectivity index (χ3v) is 14.5. The maximum Gasteiger partial charge on any atom is 0.269 e. The van der Waals surface area contributed by atoms with Crippen molar-refractivity contribution in [3.05, 3.63) is 222 Å². The summed E-state index contributed by atoms with van der Waals surface area (Å²) >= 11 is 0. The summed E-state index contributed by atoms with van der Waals surface area (Å²) < 4.78 is 390. The Bertz CT molecular complexity index is 5850. The quantitative estimate of drug-likeness (QED) is 0.112. The van der Waals surface area contributed by atoms with Crippen LogP contribution in [0.4, 0.5) is 0 Å². The van der Waals surface area contributed by atoms with Gasteiger partial charge in [0.2, 0.25) is 0 Å². The van der Waals surface area contributed by atoms with Crippen molar-refractivity contribution in [2.24, 2.45) is 0 Å². The number of fused-ring (bicyclic) bond motifs is 6. The lowest BCUT2D eigenvalue weighted by Crippen LogP contribution is -2.34. The highest BCUT2D eigenvalue weighted by Crippen LogP contribution is 2.50. The summed E-state index contributed by atoms with van der Waals surface area (Å²) in [5, 5.41) is 1.41. The first kappa shape index (κ1) is 23.2. The van der Waals surface area contributed by atoms with Gasteiger partial charge in [-0.05, 0) is 163 Å². The number of hydrogen-bond donors (Lipinski definition) is 0. The van der Waals surface area contributed by atoms with Gasteiger partial charge < -0.3 is 4.74 Å². The molecule has 0 spiro atoms. The topological polar surface area (TPSA) is 35.9 Å². The van der Waals surface area contributed by atoms with E-state index in [4.69, 9.17) is 46.7 Å². The molecule has 8 aromatic carbocycles. The van der Waals surface area contributed by atoms with Crippen LogP contribution in [0.25, 0.3) is 83.4 Å². The second-order valence-electron chi connectivity index (χ2n) is 21.0. The molecule has 80 heavy (non-hydrogen) atoms. The largest absolute Gasteiger partial charge is 0.458 e. The number of imidazole rings is 1. The summed E-state index contributed by atoms with van der Waals surface area (Å²) in [4.78, 5) is 4.89. The number of aromatic nitrogens is 4. The van der Waals surface area contributed by atoms with Crippen molar-refractivity contribution in [1.29, 1.82) is 0 Å². The molecule has 0 saturated carbocycles. The van der Waals surface area contributed by atoms with E-state index in [0.717, 1.165) is 33.7 Å². The average Bonchev–Trinajstić information content (AvgIpc) is 1.07. The van der Waals surface area contributed by atoms with E-state index in [1.165, 1.54) is 65.4 Å². The molecule has 0 bridgehead atoms. The molecule has 400 valence electrons. The summed E-state index contributed by atoms with van der Waals surface area (Å²) in [6.45, 7) is -33.1. The fourth-order valence-electron chi connectivity index (χ4n) is 10.5. The first-order valence-electron chi connectivity index (χ1n) is 45.8. The molecule has 0 saturated heterocycles. The zero-order valence-electron chi connectivity index (χ0n) is 84.1. The lowest BCUT2D eigenvalue weighted by Gasteiger charge is -2.42. The lowest BCUT2D eigenvalue weighted by atomic mass is 9.62. The van der Waals surface area contributed by atoms with Crippen LogP contribution in [0.1, 0.15) is 191 Å². The highest BCUT2D eigenvalue weighted by atomic mass is 16.5. The van der Waals surface area contributed by atoms with E-state index >= 15 is 0 Å². The molecule has 0 N–H and O–H groups in total. The first-order valence-corrected chi connectivity index (χ1v) is 25.3. The van der Waals surface area contributed by atoms with Crippen molar-refractivity contribution in [3.8, 4) is 62.1 Å². The van der Waals surface area contributed by atoms with Crippen molar-refractivity contribution < 1.29 is 65.5 Å². The Morgan fingerprint density at radius 1 is 0.562 bits per heavy atom. The minimum Gasteiger partial charge on any atom is -0.458 e. The smallest absolute Gasteiger partial charge is 0.269 e. The maximum absolute atomic E-state index is 10.4. The third-order valence-electron chi connectivity index (χ3n) is 14.5. The molecule has 0 radical (unpaired) electrons. The number of aryl methyl sites for hydroxylation is 1. The van der Waals surface area contributed by atoms with E-state index in [-0.39, 0.29) is 45.0 Å². The minimum absolute atomic E-state index is 0.00431. The monoisotopic (exact) mass is 1090 g/mol. The zero-order chi connectivity index (χ0) is 90.6. The lowest BCUT2D eigenvalue weighted by molar-refractivity contribution is -0.571. The van der Waals surface area contributed by atoms with Crippen LogP contribution in [0.2, 0.25) is 0 Å². The van der Waals surface area contributed by atoms with Gasteiger partial charge in [-0.3, -0.25) is 13.7 Å². The van der Waals surface area contributed by atoms with E-state index in [2.05, 4.69) is 6.33 Å². The highest BCUT2D eigenvalue weighted by molar-refractivity contribution is 6.09. The molecular weight excluding hydrogens is 973 g/mol. The van der Waals surface area contributed by atoms with Crippen molar-refractivity contribution in [2.45, 2.75) is 135 Å². The highest BCUT2D eigenvalue weighted by Gasteiger charge is 2.39. The molecule has 5 nitrogen and oxygen atoms in total. The van der Waals surface area contributed by atoms with Gasteiger partial charge in [0.05, 0.1) is 41.7 Å². The number of rotatable bonds is 8. The fraction of sp³-hybridized carbons (Fsp3) is 0.280. The molecular formula is C75H74N4O. The van der Waals surface area contributed by atoms with Crippen molar-refractivity contribution in [2.75, 3.05) is 0 Å². The number of nitrogens with zero attached hydrogens (tertiary/aromatic N) is 4. The molecule has 0 aliphatic heterocycles. The Balaban J connectivity index is 1.14. The van der Waals surface area contributed by atoms with E-state index in [1.54, 1.807) is 34.9 Å². The second-order valence-corrected chi connectivity index (χ2v) is 21.0. The molecule has 13 rings (SSSR count). The molecule has 11 aromatic rings. The molecule has 2 aliphatic carbocycles. The average molecular weight is 1090 g/mol. The third kappa shape index (κ3) is 8.67. The van der Waals surface area contributed by atoms with Crippen LogP contribution < -0.4 is 9.30 Å². The van der Waals surface area contributed by atoms with Gasteiger partial charge in [0.1, 0.15) is 17.3 Å². The van der Waals surface area contributed by atoms with Gasteiger partial charge in [0.15, 0.2) is 0 Å². The van der Waals surface area contributed by atoms with Gasteiger partial charge in [-0.25, -0.2) is 4.98 Å².